The highest BCUT2D eigenvalue weighted by Crippen LogP contribution is 2.24. The van der Waals surface area contributed by atoms with Gasteiger partial charge in [-0.15, -0.1) is 0 Å². The Hall–Kier alpha value is -1.18. The van der Waals surface area contributed by atoms with Gasteiger partial charge in [0.1, 0.15) is 5.82 Å². The number of anilines is 1. The van der Waals surface area contributed by atoms with Gasteiger partial charge < -0.3 is 5.73 Å². The molecule has 0 atom stereocenters. The van der Waals surface area contributed by atoms with Crippen molar-refractivity contribution in [2.45, 2.75) is 11.8 Å². The van der Waals surface area contributed by atoms with E-state index in [2.05, 4.69) is 4.84 Å². The average Bonchev–Trinajstić information content (AvgIpc) is 2.21. The number of hydrogen-bond acceptors (Lipinski definition) is 4. The van der Waals surface area contributed by atoms with E-state index in [1.807, 2.05) is 0 Å². The third-order valence-electron chi connectivity index (χ3n) is 2.19. The smallest absolute Gasteiger partial charge is 0.265 e. The molecule has 0 saturated carbocycles. The van der Waals surface area contributed by atoms with Gasteiger partial charge in [0, 0.05) is 18.3 Å². The molecule has 5 nitrogen and oxygen atoms in total. The molecule has 0 spiro atoms. The first kappa shape index (κ1) is 12.9. The molecule has 1 aromatic rings. The fourth-order valence-electron chi connectivity index (χ4n) is 1.18. The number of nitrogens with two attached hydrogens (primary N) is 1. The van der Waals surface area contributed by atoms with Crippen LogP contribution >= 0.6 is 0 Å². The predicted octanol–water partition coefficient (Wildman–Crippen LogP) is 0.898. The summed E-state index contributed by atoms with van der Waals surface area (Å²) in [5.74, 6) is -0.664. The Balaban J connectivity index is 3.45. The van der Waals surface area contributed by atoms with E-state index in [0.29, 0.717) is 4.47 Å². The molecule has 0 heterocycles. The maximum absolute atomic E-state index is 13.3. The fraction of sp³-hybridized carbons (Fsp3) is 0.333. The Morgan fingerprint density at radius 3 is 2.50 bits per heavy atom. The van der Waals surface area contributed by atoms with Crippen LogP contribution in [0.25, 0.3) is 0 Å². The first-order valence-corrected chi connectivity index (χ1v) is 5.83. The molecule has 0 fully saturated rings. The van der Waals surface area contributed by atoms with Crippen LogP contribution in [-0.2, 0) is 14.9 Å². The maximum atomic E-state index is 13.3. The van der Waals surface area contributed by atoms with Gasteiger partial charge in [0.15, 0.2) is 0 Å². The summed E-state index contributed by atoms with van der Waals surface area (Å²) in [5, 5.41) is 0. The number of rotatable bonds is 3. The maximum Gasteiger partial charge on any atom is 0.265 e. The van der Waals surface area contributed by atoms with Crippen molar-refractivity contribution in [3.8, 4) is 0 Å². The van der Waals surface area contributed by atoms with Crippen LogP contribution in [0.1, 0.15) is 5.56 Å². The Morgan fingerprint density at radius 2 is 2.00 bits per heavy atom. The topological polar surface area (TPSA) is 72.6 Å². The molecule has 1 rings (SSSR count). The molecule has 0 bridgehead atoms. The number of nitrogen functional groups attached to an aromatic ring is 1. The number of sulfonamides is 1. The van der Waals surface area contributed by atoms with Gasteiger partial charge in [0.25, 0.3) is 10.0 Å². The summed E-state index contributed by atoms with van der Waals surface area (Å²) in [5.41, 5.74) is 5.46. The highest BCUT2D eigenvalue weighted by Gasteiger charge is 2.24. The van der Waals surface area contributed by atoms with Crippen LogP contribution in [0.4, 0.5) is 10.1 Å². The minimum Gasteiger partial charge on any atom is -0.399 e. The van der Waals surface area contributed by atoms with Crippen LogP contribution in [0.2, 0.25) is 0 Å². The standard InChI is InChI=1S/C9H13FN2O3S/c1-6-8(10)4-7(11)5-9(6)16(13,14)12(2)15-3/h4-5H,11H2,1-3H3. The van der Waals surface area contributed by atoms with Gasteiger partial charge in [-0.1, -0.05) is 4.47 Å². The quantitative estimate of drug-likeness (QED) is 0.637. The number of nitrogens with zero attached hydrogens (tertiary/aromatic N) is 1. The van der Waals surface area contributed by atoms with E-state index in [-0.39, 0.29) is 16.1 Å². The first-order chi connectivity index (χ1) is 7.30. The second kappa shape index (κ2) is 4.36. The van der Waals surface area contributed by atoms with Gasteiger partial charge in [-0.25, -0.2) is 12.8 Å². The molecule has 0 aromatic heterocycles. The Labute approximate surface area is 93.6 Å². The Bertz CT molecular complexity index is 502. The van der Waals surface area contributed by atoms with Gasteiger partial charge in [0.05, 0.1) is 12.0 Å². The van der Waals surface area contributed by atoms with Gasteiger partial charge >= 0.3 is 0 Å². The molecule has 0 aliphatic carbocycles. The van der Waals surface area contributed by atoms with E-state index in [1.54, 1.807) is 0 Å². The lowest BCUT2D eigenvalue weighted by atomic mass is 10.2. The molecule has 7 heteroatoms. The van der Waals surface area contributed by atoms with Crippen molar-refractivity contribution in [2.24, 2.45) is 0 Å². The summed E-state index contributed by atoms with van der Waals surface area (Å²) in [7, 11) is -1.45. The summed E-state index contributed by atoms with van der Waals surface area (Å²) in [6.07, 6.45) is 0. The molecule has 0 saturated heterocycles. The lowest BCUT2D eigenvalue weighted by Crippen LogP contribution is -2.26. The van der Waals surface area contributed by atoms with E-state index in [9.17, 15) is 12.8 Å². The normalized spacial score (nSPS) is 12.1. The van der Waals surface area contributed by atoms with Crippen molar-refractivity contribution < 1.29 is 17.6 Å². The lowest BCUT2D eigenvalue weighted by Gasteiger charge is -2.16. The molecular weight excluding hydrogens is 235 g/mol. The minimum atomic E-state index is -3.87. The molecule has 0 amide bonds. The largest absolute Gasteiger partial charge is 0.399 e. The molecule has 0 unspecified atom stereocenters. The van der Waals surface area contributed by atoms with Crippen LogP contribution in [0, 0.1) is 12.7 Å². The third kappa shape index (κ3) is 2.16. The van der Waals surface area contributed by atoms with E-state index < -0.39 is 15.8 Å². The van der Waals surface area contributed by atoms with Crippen LogP contribution < -0.4 is 5.73 Å². The van der Waals surface area contributed by atoms with Crippen LogP contribution in [0.15, 0.2) is 17.0 Å². The zero-order chi connectivity index (χ0) is 12.5. The molecule has 0 aliphatic rings. The number of halogens is 1. The van der Waals surface area contributed by atoms with Crippen molar-refractivity contribution in [2.75, 3.05) is 19.9 Å². The molecule has 16 heavy (non-hydrogen) atoms. The van der Waals surface area contributed by atoms with E-state index in [1.165, 1.54) is 27.1 Å². The van der Waals surface area contributed by atoms with E-state index in [4.69, 9.17) is 5.73 Å². The predicted molar refractivity (Wildman–Crippen MR) is 57.5 cm³/mol. The van der Waals surface area contributed by atoms with Crippen molar-refractivity contribution in [1.82, 2.24) is 4.47 Å². The van der Waals surface area contributed by atoms with Crippen molar-refractivity contribution >= 4 is 15.7 Å². The van der Waals surface area contributed by atoms with E-state index in [0.717, 1.165) is 6.07 Å². The van der Waals surface area contributed by atoms with Gasteiger partial charge in [-0.2, -0.15) is 0 Å². The SMILES string of the molecule is CON(C)S(=O)(=O)c1cc(N)cc(F)c1C. The van der Waals surface area contributed by atoms with E-state index >= 15 is 0 Å². The lowest BCUT2D eigenvalue weighted by molar-refractivity contribution is -0.0259. The molecule has 90 valence electrons. The molecule has 0 radical (unpaired) electrons. The third-order valence-corrected chi connectivity index (χ3v) is 4.00. The number of benzene rings is 1. The molecule has 0 aliphatic heterocycles. The monoisotopic (exact) mass is 248 g/mol. The van der Waals surface area contributed by atoms with Crippen molar-refractivity contribution in [3.05, 3.63) is 23.5 Å². The minimum absolute atomic E-state index is 0.0121. The zero-order valence-electron chi connectivity index (χ0n) is 9.19. The zero-order valence-corrected chi connectivity index (χ0v) is 10.0. The Morgan fingerprint density at radius 1 is 1.44 bits per heavy atom. The van der Waals surface area contributed by atoms with Crippen LogP contribution in [0.5, 0.6) is 0 Å². The second-order valence-electron chi connectivity index (χ2n) is 3.22. The van der Waals surface area contributed by atoms with Gasteiger partial charge in [0.2, 0.25) is 0 Å². The van der Waals surface area contributed by atoms with Gasteiger partial charge in [-0.05, 0) is 19.1 Å². The molecule has 1 aromatic carbocycles. The first-order valence-electron chi connectivity index (χ1n) is 4.39. The molecule has 2 N–H and O–H groups in total. The Kier molecular flexibility index (Phi) is 3.51. The van der Waals surface area contributed by atoms with Crippen LogP contribution in [-0.4, -0.2) is 27.0 Å². The fourth-order valence-corrected chi connectivity index (χ4v) is 2.42. The number of hydrogen-bond donors (Lipinski definition) is 1. The summed E-state index contributed by atoms with van der Waals surface area (Å²) in [6, 6.07) is 2.27. The van der Waals surface area contributed by atoms with Gasteiger partial charge in [-0.3, -0.25) is 4.84 Å². The molecular formula is C9H13FN2O3S. The summed E-state index contributed by atoms with van der Waals surface area (Å²) < 4.78 is 37.7. The second-order valence-corrected chi connectivity index (χ2v) is 5.13. The summed E-state index contributed by atoms with van der Waals surface area (Å²) >= 11 is 0. The van der Waals surface area contributed by atoms with Crippen molar-refractivity contribution in [1.29, 1.82) is 0 Å². The summed E-state index contributed by atoms with van der Waals surface area (Å²) in [4.78, 5) is 4.39. The summed E-state index contributed by atoms with van der Waals surface area (Å²) in [6.45, 7) is 1.37. The van der Waals surface area contributed by atoms with Crippen LogP contribution in [0.3, 0.4) is 0 Å². The number of hydroxylamine groups is 1. The highest BCUT2D eigenvalue weighted by atomic mass is 32.2. The van der Waals surface area contributed by atoms with Crippen molar-refractivity contribution in [3.63, 3.8) is 0 Å². The average molecular weight is 248 g/mol. The highest BCUT2D eigenvalue weighted by molar-refractivity contribution is 7.89.